The van der Waals surface area contributed by atoms with Gasteiger partial charge in [0, 0.05) is 32.6 Å². The van der Waals surface area contributed by atoms with Crippen LogP contribution in [-0.2, 0) is 13.0 Å². The summed E-state index contributed by atoms with van der Waals surface area (Å²) in [4.78, 5) is 6.69. The highest BCUT2D eigenvalue weighted by atomic mass is 35.5. The lowest BCUT2D eigenvalue weighted by molar-refractivity contribution is 0.203. The van der Waals surface area contributed by atoms with Crippen molar-refractivity contribution in [1.29, 1.82) is 0 Å². The second-order valence-electron chi connectivity index (χ2n) is 3.88. The second kappa shape index (κ2) is 8.69. The van der Waals surface area contributed by atoms with Gasteiger partial charge in [0.2, 0.25) is 5.89 Å². The van der Waals surface area contributed by atoms with Gasteiger partial charge < -0.3 is 9.84 Å². The Morgan fingerprint density at radius 1 is 1.29 bits per heavy atom. The molecule has 2 heterocycles. The van der Waals surface area contributed by atoms with Gasteiger partial charge in [-0.1, -0.05) is 12.1 Å². The lowest BCUT2D eigenvalue weighted by atomic mass is 10.3. The first-order chi connectivity index (χ1) is 7.38. The molecule has 100 valence electrons. The van der Waals surface area contributed by atoms with Crippen molar-refractivity contribution in [3.63, 3.8) is 0 Å². The number of hydrogen-bond acceptors (Lipinski definition) is 5. The topological polar surface area (TPSA) is 54.2 Å². The number of nitrogens with zero attached hydrogens (tertiary/aromatic N) is 3. The Labute approximate surface area is 114 Å². The lowest BCUT2D eigenvalue weighted by Crippen LogP contribution is -2.42. The van der Waals surface area contributed by atoms with Gasteiger partial charge in [0.1, 0.15) is 0 Å². The van der Waals surface area contributed by atoms with Crippen LogP contribution in [0.25, 0.3) is 0 Å². The third-order valence-corrected chi connectivity index (χ3v) is 2.55. The average Bonchev–Trinajstić information content (AvgIpc) is 2.68. The molecule has 7 heteroatoms. The molecule has 17 heavy (non-hydrogen) atoms. The number of aryl methyl sites for hydroxylation is 1. The van der Waals surface area contributed by atoms with Crippen LogP contribution in [0.2, 0.25) is 0 Å². The molecule has 0 unspecified atom stereocenters. The minimum Gasteiger partial charge on any atom is -0.338 e. The summed E-state index contributed by atoms with van der Waals surface area (Å²) in [6, 6.07) is 0. The lowest BCUT2D eigenvalue weighted by Gasteiger charge is -2.25. The number of piperazine rings is 1. The van der Waals surface area contributed by atoms with Crippen molar-refractivity contribution < 1.29 is 4.52 Å². The summed E-state index contributed by atoms with van der Waals surface area (Å²) in [7, 11) is 0. The fraction of sp³-hybridized carbons (Fsp3) is 0.800. The van der Waals surface area contributed by atoms with Crippen LogP contribution in [0.1, 0.15) is 25.1 Å². The van der Waals surface area contributed by atoms with Crippen LogP contribution in [0.4, 0.5) is 0 Å². The minimum atomic E-state index is 0. The smallest absolute Gasteiger partial charge is 0.240 e. The van der Waals surface area contributed by atoms with E-state index in [1.54, 1.807) is 0 Å². The molecule has 0 atom stereocenters. The van der Waals surface area contributed by atoms with Crippen LogP contribution >= 0.6 is 24.8 Å². The van der Waals surface area contributed by atoms with Gasteiger partial charge in [0.15, 0.2) is 5.82 Å². The maximum Gasteiger partial charge on any atom is 0.240 e. The van der Waals surface area contributed by atoms with E-state index in [2.05, 4.69) is 27.3 Å². The molecule has 0 spiro atoms. The maximum atomic E-state index is 5.20. The molecule has 2 rings (SSSR count). The summed E-state index contributed by atoms with van der Waals surface area (Å²) in [5.41, 5.74) is 0. The number of halogens is 2. The van der Waals surface area contributed by atoms with E-state index in [1.165, 1.54) is 0 Å². The average molecular weight is 283 g/mol. The Bertz CT molecular complexity index is 302. The summed E-state index contributed by atoms with van der Waals surface area (Å²) in [6.07, 6.45) is 1.97. The van der Waals surface area contributed by atoms with E-state index in [4.69, 9.17) is 4.52 Å². The molecule has 1 fully saturated rings. The first-order valence-corrected chi connectivity index (χ1v) is 5.63. The van der Waals surface area contributed by atoms with Crippen molar-refractivity contribution in [2.45, 2.75) is 26.3 Å². The van der Waals surface area contributed by atoms with Crippen molar-refractivity contribution in [2.75, 3.05) is 26.2 Å². The molecule has 1 aliphatic heterocycles. The standard InChI is InChI=1S/C10H18N4O.2ClH/c1-2-3-9-12-10(15-13-9)8-14-6-4-11-5-7-14;;/h11H,2-8H2,1H3;2*1H. The van der Waals surface area contributed by atoms with Crippen LogP contribution in [0.3, 0.4) is 0 Å². The summed E-state index contributed by atoms with van der Waals surface area (Å²) < 4.78 is 5.20. The molecule has 1 aromatic heterocycles. The van der Waals surface area contributed by atoms with E-state index in [-0.39, 0.29) is 24.8 Å². The fourth-order valence-electron chi connectivity index (χ4n) is 1.74. The molecular formula is C10H20Cl2N4O. The van der Waals surface area contributed by atoms with Crippen LogP contribution in [-0.4, -0.2) is 41.2 Å². The van der Waals surface area contributed by atoms with E-state index >= 15 is 0 Å². The molecule has 0 saturated carbocycles. The molecule has 0 amide bonds. The molecule has 1 saturated heterocycles. The molecule has 1 aromatic rings. The van der Waals surface area contributed by atoms with Gasteiger partial charge in [-0.05, 0) is 6.42 Å². The summed E-state index contributed by atoms with van der Waals surface area (Å²) >= 11 is 0. The maximum absolute atomic E-state index is 5.20. The van der Waals surface area contributed by atoms with E-state index < -0.39 is 0 Å². The molecule has 0 aromatic carbocycles. The van der Waals surface area contributed by atoms with Crippen LogP contribution in [0.5, 0.6) is 0 Å². The van der Waals surface area contributed by atoms with E-state index in [9.17, 15) is 0 Å². The third kappa shape index (κ3) is 5.21. The minimum absolute atomic E-state index is 0. The van der Waals surface area contributed by atoms with Crippen molar-refractivity contribution in [3.05, 3.63) is 11.7 Å². The Balaban J connectivity index is 0.00000128. The van der Waals surface area contributed by atoms with Gasteiger partial charge in [-0.15, -0.1) is 24.8 Å². The number of aromatic nitrogens is 2. The number of rotatable bonds is 4. The highest BCUT2D eigenvalue weighted by Crippen LogP contribution is 2.04. The van der Waals surface area contributed by atoms with Crippen molar-refractivity contribution >= 4 is 24.8 Å². The van der Waals surface area contributed by atoms with Gasteiger partial charge in [0.25, 0.3) is 0 Å². The van der Waals surface area contributed by atoms with E-state index in [1.807, 2.05) is 0 Å². The van der Waals surface area contributed by atoms with E-state index in [0.717, 1.165) is 57.3 Å². The normalized spacial score (nSPS) is 16.1. The first-order valence-electron chi connectivity index (χ1n) is 5.63. The molecule has 0 radical (unpaired) electrons. The molecule has 1 aliphatic rings. The highest BCUT2D eigenvalue weighted by Gasteiger charge is 2.13. The van der Waals surface area contributed by atoms with Gasteiger partial charge >= 0.3 is 0 Å². The monoisotopic (exact) mass is 282 g/mol. The molecule has 0 bridgehead atoms. The Morgan fingerprint density at radius 3 is 2.65 bits per heavy atom. The van der Waals surface area contributed by atoms with Crippen molar-refractivity contribution in [2.24, 2.45) is 0 Å². The molecule has 0 aliphatic carbocycles. The second-order valence-corrected chi connectivity index (χ2v) is 3.88. The van der Waals surface area contributed by atoms with Gasteiger partial charge in [0.05, 0.1) is 6.54 Å². The van der Waals surface area contributed by atoms with Gasteiger partial charge in [-0.25, -0.2) is 0 Å². The predicted octanol–water partition coefficient (Wildman–Crippen LogP) is 1.27. The van der Waals surface area contributed by atoms with Crippen molar-refractivity contribution in [1.82, 2.24) is 20.4 Å². The zero-order valence-electron chi connectivity index (χ0n) is 10.0. The zero-order chi connectivity index (χ0) is 10.5. The third-order valence-electron chi connectivity index (χ3n) is 2.55. The van der Waals surface area contributed by atoms with Gasteiger partial charge in [-0.3, -0.25) is 4.90 Å². The molecule has 1 N–H and O–H groups in total. The van der Waals surface area contributed by atoms with Crippen LogP contribution in [0, 0.1) is 0 Å². The van der Waals surface area contributed by atoms with Crippen molar-refractivity contribution in [3.8, 4) is 0 Å². The molecule has 5 nitrogen and oxygen atoms in total. The van der Waals surface area contributed by atoms with Gasteiger partial charge in [-0.2, -0.15) is 4.98 Å². The predicted molar refractivity (Wildman–Crippen MR) is 70.9 cm³/mol. The molecular weight excluding hydrogens is 263 g/mol. The Morgan fingerprint density at radius 2 is 2.00 bits per heavy atom. The Hall–Kier alpha value is -0.360. The first kappa shape index (κ1) is 16.6. The summed E-state index contributed by atoms with van der Waals surface area (Å²) in [6.45, 7) is 7.13. The number of hydrogen-bond donors (Lipinski definition) is 1. The summed E-state index contributed by atoms with van der Waals surface area (Å²) in [5.74, 6) is 1.59. The quantitative estimate of drug-likeness (QED) is 0.902. The van der Waals surface area contributed by atoms with E-state index in [0.29, 0.717) is 0 Å². The van der Waals surface area contributed by atoms with Crippen LogP contribution in [0.15, 0.2) is 4.52 Å². The highest BCUT2D eigenvalue weighted by molar-refractivity contribution is 5.85. The fourth-order valence-corrected chi connectivity index (χ4v) is 1.74. The Kier molecular flexibility index (Phi) is 8.51. The number of nitrogens with one attached hydrogen (secondary N) is 1. The van der Waals surface area contributed by atoms with Crippen LogP contribution < -0.4 is 5.32 Å². The largest absolute Gasteiger partial charge is 0.338 e. The zero-order valence-corrected chi connectivity index (χ0v) is 11.6. The SMILES string of the molecule is CCCc1noc(CN2CCNCC2)n1.Cl.Cl. The summed E-state index contributed by atoms with van der Waals surface area (Å²) in [5, 5.41) is 7.26.